The standard InChI is InChI=1S/C25H22FN5O2/c1-14-5-7-15(8-6-14)28-23(32)25(11-12-25)24(33)29-16-9-10-17(19(26)13-16)18-3-2-4-20-21(18)22(27)31-30-20/h2-10,13H,11-12H2,1H3,(H,28,32)(H,29,33)(H3,27,30,31). The average molecular weight is 443 g/mol. The highest BCUT2D eigenvalue weighted by Crippen LogP contribution is 2.47. The number of aromatic nitrogens is 2. The van der Waals surface area contributed by atoms with Crippen molar-refractivity contribution in [3.63, 3.8) is 0 Å². The third-order valence-electron chi connectivity index (χ3n) is 6.06. The molecule has 7 nitrogen and oxygen atoms in total. The number of carbonyl (C=O) groups is 2. The molecule has 1 fully saturated rings. The molecule has 1 aliphatic rings. The predicted octanol–water partition coefficient (Wildman–Crippen LogP) is 4.62. The van der Waals surface area contributed by atoms with Crippen LogP contribution in [0.2, 0.25) is 0 Å². The number of carbonyl (C=O) groups excluding carboxylic acids is 2. The van der Waals surface area contributed by atoms with Crippen molar-refractivity contribution in [1.82, 2.24) is 10.2 Å². The van der Waals surface area contributed by atoms with Crippen LogP contribution >= 0.6 is 0 Å². The molecular formula is C25H22FN5O2. The normalized spacial score (nSPS) is 14.1. The molecule has 1 aromatic heterocycles. The van der Waals surface area contributed by atoms with E-state index in [9.17, 15) is 9.59 Å². The molecule has 166 valence electrons. The van der Waals surface area contributed by atoms with Gasteiger partial charge in [0.25, 0.3) is 0 Å². The first-order valence-corrected chi connectivity index (χ1v) is 10.6. The van der Waals surface area contributed by atoms with Crippen molar-refractivity contribution in [2.24, 2.45) is 5.41 Å². The molecule has 4 aromatic rings. The first-order chi connectivity index (χ1) is 15.9. The molecule has 0 radical (unpaired) electrons. The van der Waals surface area contributed by atoms with Crippen molar-refractivity contribution < 1.29 is 14.0 Å². The van der Waals surface area contributed by atoms with Crippen molar-refractivity contribution in [2.45, 2.75) is 19.8 Å². The summed E-state index contributed by atoms with van der Waals surface area (Å²) in [6, 6.07) is 17.2. The zero-order valence-corrected chi connectivity index (χ0v) is 17.9. The molecule has 0 bridgehead atoms. The SMILES string of the molecule is Cc1ccc(NC(=O)C2(C(=O)Nc3ccc(-c4cccc5[nH]nc(N)c45)c(F)c3)CC2)cc1. The number of aryl methyl sites for hydroxylation is 1. The maximum atomic E-state index is 15.0. The second-order valence-electron chi connectivity index (χ2n) is 8.39. The van der Waals surface area contributed by atoms with Gasteiger partial charge in [0.2, 0.25) is 11.8 Å². The van der Waals surface area contributed by atoms with Crippen LogP contribution in [-0.4, -0.2) is 22.0 Å². The van der Waals surface area contributed by atoms with Crippen molar-refractivity contribution in [3.8, 4) is 11.1 Å². The third kappa shape index (κ3) is 3.69. The van der Waals surface area contributed by atoms with E-state index >= 15 is 4.39 Å². The smallest absolute Gasteiger partial charge is 0.240 e. The number of fused-ring (bicyclic) bond motifs is 1. The summed E-state index contributed by atoms with van der Waals surface area (Å²) in [5, 5.41) is 12.9. The number of halogens is 1. The highest BCUT2D eigenvalue weighted by atomic mass is 19.1. The Bertz CT molecular complexity index is 1390. The number of hydrogen-bond acceptors (Lipinski definition) is 4. The molecule has 3 aromatic carbocycles. The highest BCUT2D eigenvalue weighted by Gasteiger charge is 2.56. The summed E-state index contributed by atoms with van der Waals surface area (Å²) < 4.78 is 15.0. The van der Waals surface area contributed by atoms with Crippen molar-refractivity contribution in [2.75, 3.05) is 16.4 Å². The van der Waals surface area contributed by atoms with E-state index in [1.54, 1.807) is 36.4 Å². The number of aromatic amines is 1. The number of nitrogens with two attached hydrogens (primary N) is 1. The molecular weight excluding hydrogens is 421 g/mol. The van der Waals surface area contributed by atoms with Crippen LogP contribution in [-0.2, 0) is 9.59 Å². The van der Waals surface area contributed by atoms with Crippen LogP contribution in [0.4, 0.5) is 21.6 Å². The van der Waals surface area contributed by atoms with Gasteiger partial charge in [-0.25, -0.2) is 4.39 Å². The lowest BCUT2D eigenvalue weighted by molar-refractivity contribution is -0.131. The van der Waals surface area contributed by atoms with Gasteiger partial charge in [0.05, 0.1) is 10.9 Å². The molecule has 1 aliphatic carbocycles. The maximum absolute atomic E-state index is 15.0. The monoisotopic (exact) mass is 443 g/mol. The molecule has 5 rings (SSSR count). The summed E-state index contributed by atoms with van der Waals surface area (Å²) in [7, 11) is 0. The van der Waals surface area contributed by atoms with E-state index in [0.717, 1.165) is 5.56 Å². The number of anilines is 3. The number of benzene rings is 3. The molecule has 0 saturated heterocycles. The van der Waals surface area contributed by atoms with Gasteiger partial charge >= 0.3 is 0 Å². The zero-order chi connectivity index (χ0) is 23.2. The number of nitrogens with one attached hydrogen (secondary N) is 3. The number of nitrogens with zero attached hydrogens (tertiary/aromatic N) is 1. The van der Waals surface area contributed by atoms with E-state index in [0.29, 0.717) is 40.6 Å². The summed E-state index contributed by atoms with van der Waals surface area (Å²) in [5.74, 6) is -1.04. The maximum Gasteiger partial charge on any atom is 0.240 e. The molecule has 2 amide bonds. The fourth-order valence-electron chi connectivity index (χ4n) is 3.95. The molecule has 8 heteroatoms. The van der Waals surface area contributed by atoms with E-state index in [4.69, 9.17) is 5.73 Å². The lowest BCUT2D eigenvalue weighted by atomic mass is 10.00. The number of rotatable bonds is 5. The Hall–Kier alpha value is -4.20. The summed E-state index contributed by atoms with van der Waals surface area (Å²) in [5.41, 5.74) is 8.44. The number of nitrogen functional groups attached to an aromatic ring is 1. The minimum atomic E-state index is -1.14. The highest BCUT2D eigenvalue weighted by molar-refractivity contribution is 6.17. The lowest BCUT2D eigenvalue weighted by Gasteiger charge is -2.16. The second kappa shape index (κ2) is 7.74. The molecule has 0 unspecified atom stereocenters. The quantitative estimate of drug-likeness (QED) is 0.337. The Morgan fingerprint density at radius 3 is 2.30 bits per heavy atom. The van der Waals surface area contributed by atoms with Gasteiger partial charge < -0.3 is 16.4 Å². The van der Waals surface area contributed by atoms with Crippen LogP contribution in [0.3, 0.4) is 0 Å². The summed E-state index contributed by atoms with van der Waals surface area (Å²) in [6.45, 7) is 1.95. The van der Waals surface area contributed by atoms with E-state index in [1.807, 2.05) is 25.1 Å². The van der Waals surface area contributed by atoms with Gasteiger partial charge in [-0.05, 0) is 61.7 Å². The summed E-state index contributed by atoms with van der Waals surface area (Å²) in [4.78, 5) is 25.7. The number of H-pyrrole nitrogens is 1. The van der Waals surface area contributed by atoms with Crippen LogP contribution in [0, 0.1) is 18.2 Å². The van der Waals surface area contributed by atoms with Gasteiger partial charge in [-0.3, -0.25) is 14.7 Å². The van der Waals surface area contributed by atoms with Gasteiger partial charge in [0, 0.05) is 16.9 Å². The molecule has 0 aliphatic heterocycles. The largest absolute Gasteiger partial charge is 0.382 e. The molecule has 0 spiro atoms. The molecule has 1 heterocycles. The Balaban J connectivity index is 1.35. The second-order valence-corrected chi connectivity index (χ2v) is 8.39. The van der Waals surface area contributed by atoms with E-state index in [2.05, 4.69) is 20.8 Å². The summed E-state index contributed by atoms with van der Waals surface area (Å²) >= 11 is 0. The fraction of sp³-hybridized carbons (Fsp3) is 0.160. The van der Waals surface area contributed by atoms with Gasteiger partial charge in [-0.1, -0.05) is 29.8 Å². The van der Waals surface area contributed by atoms with Crippen LogP contribution in [0.25, 0.3) is 22.0 Å². The minimum Gasteiger partial charge on any atom is -0.382 e. The van der Waals surface area contributed by atoms with Gasteiger partial charge in [-0.15, -0.1) is 0 Å². The first kappa shape index (κ1) is 20.7. The Kier molecular flexibility index (Phi) is 4.85. The molecule has 5 N–H and O–H groups in total. The minimum absolute atomic E-state index is 0.281. The van der Waals surface area contributed by atoms with Crippen molar-refractivity contribution in [3.05, 3.63) is 72.0 Å². The lowest BCUT2D eigenvalue weighted by Crippen LogP contribution is -2.35. The predicted molar refractivity (Wildman–Crippen MR) is 126 cm³/mol. The van der Waals surface area contributed by atoms with Crippen molar-refractivity contribution >= 4 is 39.9 Å². The average Bonchev–Trinajstić information content (AvgIpc) is 3.53. The number of amides is 2. The van der Waals surface area contributed by atoms with Crippen LogP contribution < -0.4 is 16.4 Å². The first-order valence-electron chi connectivity index (χ1n) is 10.6. The van der Waals surface area contributed by atoms with Gasteiger partial charge in [0.1, 0.15) is 11.2 Å². The van der Waals surface area contributed by atoms with Crippen LogP contribution in [0.5, 0.6) is 0 Å². The zero-order valence-electron chi connectivity index (χ0n) is 17.9. The molecule has 33 heavy (non-hydrogen) atoms. The van der Waals surface area contributed by atoms with E-state index in [-0.39, 0.29) is 17.4 Å². The Labute approximate surface area is 189 Å². The number of hydrogen-bond donors (Lipinski definition) is 4. The Morgan fingerprint density at radius 2 is 1.64 bits per heavy atom. The Morgan fingerprint density at radius 1 is 0.970 bits per heavy atom. The molecule has 1 saturated carbocycles. The van der Waals surface area contributed by atoms with E-state index < -0.39 is 17.1 Å². The molecule has 0 atom stereocenters. The third-order valence-corrected chi connectivity index (χ3v) is 6.06. The van der Waals surface area contributed by atoms with Crippen LogP contribution in [0.1, 0.15) is 18.4 Å². The fourth-order valence-corrected chi connectivity index (χ4v) is 3.95. The van der Waals surface area contributed by atoms with Gasteiger partial charge in [-0.2, -0.15) is 5.10 Å². The van der Waals surface area contributed by atoms with Crippen LogP contribution in [0.15, 0.2) is 60.7 Å². The van der Waals surface area contributed by atoms with Gasteiger partial charge in [0.15, 0.2) is 5.82 Å². The topological polar surface area (TPSA) is 113 Å². The van der Waals surface area contributed by atoms with E-state index in [1.165, 1.54) is 6.07 Å². The summed E-state index contributed by atoms with van der Waals surface area (Å²) in [6.07, 6.45) is 0.887. The van der Waals surface area contributed by atoms with Crippen molar-refractivity contribution in [1.29, 1.82) is 0 Å².